The number of nitriles is 1. The van der Waals surface area contributed by atoms with Crippen molar-refractivity contribution in [3.05, 3.63) is 29.3 Å². The minimum atomic E-state index is -0.509. The van der Waals surface area contributed by atoms with Crippen molar-refractivity contribution in [1.82, 2.24) is 0 Å². The van der Waals surface area contributed by atoms with E-state index in [2.05, 4.69) is 13.0 Å². The van der Waals surface area contributed by atoms with Crippen molar-refractivity contribution < 1.29 is 9.53 Å². The number of rotatable bonds is 0. The van der Waals surface area contributed by atoms with Crippen LogP contribution in [-0.2, 0) is 11.2 Å². The van der Waals surface area contributed by atoms with Crippen LogP contribution in [0.4, 0.5) is 10.5 Å². The molecule has 1 unspecified atom stereocenters. The molecule has 0 spiro atoms. The Morgan fingerprint density at radius 3 is 2.75 bits per heavy atom. The fraction of sp³-hybridized carbons (Fsp3) is 0.500. The molecule has 0 N–H and O–H groups in total. The van der Waals surface area contributed by atoms with E-state index in [0.717, 1.165) is 17.7 Å². The third-order valence-corrected chi connectivity index (χ3v) is 3.18. The van der Waals surface area contributed by atoms with Crippen LogP contribution in [0, 0.1) is 17.2 Å². The van der Waals surface area contributed by atoms with Gasteiger partial charge in [0.25, 0.3) is 0 Å². The van der Waals surface area contributed by atoms with Gasteiger partial charge in [-0.3, -0.25) is 4.90 Å². The van der Waals surface area contributed by atoms with Crippen LogP contribution in [0.2, 0.25) is 0 Å². The molecule has 0 bridgehead atoms. The molecular formula is C16H20N2O2. The molecule has 4 nitrogen and oxygen atoms in total. The Kier molecular flexibility index (Phi) is 3.71. The smallest absolute Gasteiger partial charge is 0.414 e. The zero-order valence-corrected chi connectivity index (χ0v) is 12.4. The minimum Gasteiger partial charge on any atom is -0.443 e. The molecule has 4 heteroatoms. The van der Waals surface area contributed by atoms with Gasteiger partial charge in [-0.25, -0.2) is 4.79 Å². The molecule has 1 atom stereocenters. The number of nitrogens with zero attached hydrogens (tertiary/aromatic N) is 2. The van der Waals surface area contributed by atoms with E-state index < -0.39 is 5.60 Å². The third kappa shape index (κ3) is 3.11. The van der Waals surface area contributed by atoms with Crippen molar-refractivity contribution in [3.63, 3.8) is 0 Å². The average molecular weight is 272 g/mol. The monoisotopic (exact) mass is 272 g/mol. The van der Waals surface area contributed by atoms with Crippen LogP contribution in [0.15, 0.2) is 18.2 Å². The summed E-state index contributed by atoms with van der Waals surface area (Å²) in [7, 11) is 0. The van der Waals surface area contributed by atoms with Gasteiger partial charge in [-0.1, -0.05) is 6.92 Å². The second kappa shape index (κ2) is 5.16. The highest BCUT2D eigenvalue weighted by molar-refractivity contribution is 5.89. The van der Waals surface area contributed by atoms with Crippen LogP contribution in [0.5, 0.6) is 0 Å². The summed E-state index contributed by atoms with van der Waals surface area (Å²) in [4.78, 5) is 14.0. The molecule has 1 aliphatic heterocycles. The lowest BCUT2D eigenvalue weighted by Crippen LogP contribution is -2.42. The first-order valence-electron chi connectivity index (χ1n) is 6.83. The second-order valence-corrected chi connectivity index (χ2v) is 6.36. The molecule has 2 rings (SSSR count). The quantitative estimate of drug-likeness (QED) is 0.726. The van der Waals surface area contributed by atoms with Crippen LogP contribution in [0.1, 0.15) is 38.8 Å². The highest BCUT2D eigenvalue weighted by Crippen LogP contribution is 2.31. The van der Waals surface area contributed by atoms with Gasteiger partial charge in [-0.05, 0) is 56.9 Å². The van der Waals surface area contributed by atoms with E-state index in [1.54, 1.807) is 11.0 Å². The van der Waals surface area contributed by atoms with Gasteiger partial charge >= 0.3 is 6.09 Å². The highest BCUT2D eigenvalue weighted by atomic mass is 16.6. The first-order valence-corrected chi connectivity index (χ1v) is 6.83. The summed E-state index contributed by atoms with van der Waals surface area (Å²) in [5.41, 5.74) is 2.01. The summed E-state index contributed by atoms with van der Waals surface area (Å²) in [6, 6.07) is 7.58. The van der Waals surface area contributed by atoms with Gasteiger partial charge in [0.1, 0.15) is 5.60 Å². The number of benzene rings is 1. The van der Waals surface area contributed by atoms with E-state index in [1.165, 1.54) is 0 Å². The highest BCUT2D eigenvalue weighted by Gasteiger charge is 2.30. The summed E-state index contributed by atoms with van der Waals surface area (Å²) in [6.07, 6.45) is 0.555. The van der Waals surface area contributed by atoms with Crippen molar-refractivity contribution in [2.45, 2.75) is 39.7 Å². The molecule has 106 valence electrons. The van der Waals surface area contributed by atoms with Gasteiger partial charge in [0.2, 0.25) is 0 Å². The molecule has 1 aromatic rings. The van der Waals surface area contributed by atoms with E-state index in [1.807, 2.05) is 32.9 Å². The number of fused-ring (bicyclic) bond motifs is 1. The Morgan fingerprint density at radius 1 is 1.45 bits per heavy atom. The second-order valence-electron chi connectivity index (χ2n) is 6.36. The molecule has 0 saturated carbocycles. The maximum atomic E-state index is 12.3. The number of carbonyl (C=O) groups is 1. The third-order valence-electron chi connectivity index (χ3n) is 3.18. The minimum absolute atomic E-state index is 0.324. The van der Waals surface area contributed by atoms with Crippen LogP contribution in [0.3, 0.4) is 0 Å². The molecule has 1 heterocycles. The summed E-state index contributed by atoms with van der Waals surface area (Å²) >= 11 is 0. The fourth-order valence-corrected chi connectivity index (χ4v) is 2.42. The summed E-state index contributed by atoms with van der Waals surface area (Å²) in [6.45, 7) is 8.32. The number of amides is 1. The summed E-state index contributed by atoms with van der Waals surface area (Å²) < 4.78 is 5.46. The maximum absolute atomic E-state index is 12.3. The van der Waals surface area contributed by atoms with Crippen molar-refractivity contribution in [3.8, 4) is 6.07 Å². The molecule has 0 fully saturated rings. The summed E-state index contributed by atoms with van der Waals surface area (Å²) in [5.74, 6) is 0.351. The Hall–Kier alpha value is -2.02. The first-order chi connectivity index (χ1) is 9.30. The summed E-state index contributed by atoms with van der Waals surface area (Å²) in [5, 5.41) is 8.98. The Labute approximate surface area is 120 Å². The van der Waals surface area contributed by atoms with Crippen LogP contribution in [-0.4, -0.2) is 18.2 Å². The Bertz CT molecular complexity index is 567. The van der Waals surface area contributed by atoms with Crippen molar-refractivity contribution >= 4 is 11.8 Å². The molecule has 1 aromatic carbocycles. The molecule has 0 aromatic heterocycles. The normalized spacial score (nSPS) is 18.1. The SMILES string of the molecule is CC1Cc2cc(C#N)ccc2N(C(=O)OC(C)(C)C)C1. The lowest BCUT2D eigenvalue weighted by Gasteiger charge is -2.34. The predicted octanol–water partition coefficient (Wildman–Crippen LogP) is 3.49. The molecule has 20 heavy (non-hydrogen) atoms. The van der Waals surface area contributed by atoms with E-state index in [9.17, 15) is 4.79 Å². The molecule has 0 saturated heterocycles. The fourth-order valence-electron chi connectivity index (χ4n) is 2.42. The topological polar surface area (TPSA) is 53.3 Å². The zero-order chi connectivity index (χ0) is 14.9. The predicted molar refractivity (Wildman–Crippen MR) is 77.6 cm³/mol. The van der Waals surface area contributed by atoms with Gasteiger partial charge in [0.15, 0.2) is 0 Å². The standard InChI is InChI=1S/C16H20N2O2/c1-11-7-13-8-12(9-17)5-6-14(13)18(10-11)15(19)20-16(2,3)4/h5-6,8,11H,7,10H2,1-4H3. The van der Waals surface area contributed by atoms with Gasteiger partial charge in [0.05, 0.1) is 17.3 Å². The van der Waals surface area contributed by atoms with Crippen molar-refractivity contribution in [2.24, 2.45) is 5.92 Å². The van der Waals surface area contributed by atoms with Crippen LogP contribution >= 0.6 is 0 Å². The zero-order valence-electron chi connectivity index (χ0n) is 12.4. The number of carbonyl (C=O) groups excluding carboxylic acids is 1. The number of hydrogen-bond donors (Lipinski definition) is 0. The lowest BCUT2D eigenvalue weighted by atomic mass is 9.93. The lowest BCUT2D eigenvalue weighted by molar-refractivity contribution is 0.0572. The van der Waals surface area contributed by atoms with Gasteiger partial charge in [-0.2, -0.15) is 5.26 Å². The van der Waals surface area contributed by atoms with E-state index in [4.69, 9.17) is 10.00 Å². The van der Waals surface area contributed by atoms with E-state index in [-0.39, 0.29) is 6.09 Å². The van der Waals surface area contributed by atoms with E-state index in [0.29, 0.717) is 18.0 Å². The first kappa shape index (κ1) is 14.4. The van der Waals surface area contributed by atoms with Crippen LogP contribution < -0.4 is 4.90 Å². The number of anilines is 1. The maximum Gasteiger partial charge on any atom is 0.414 e. The van der Waals surface area contributed by atoms with E-state index >= 15 is 0 Å². The number of ether oxygens (including phenoxy) is 1. The molecular weight excluding hydrogens is 252 g/mol. The number of hydrogen-bond acceptors (Lipinski definition) is 3. The molecule has 0 aliphatic carbocycles. The molecule has 1 amide bonds. The largest absolute Gasteiger partial charge is 0.443 e. The Morgan fingerprint density at radius 2 is 2.15 bits per heavy atom. The molecule has 0 radical (unpaired) electrons. The van der Waals surface area contributed by atoms with Crippen LogP contribution in [0.25, 0.3) is 0 Å². The molecule has 1 aliphatic rings. The van der Waals surface area contributed by atoms with Gasteiger partial charge in [-0.15, -0.1) is 0 Å². The van der Waals surface area contributed by atoms with Gasteiger partial charge in [0, 0.05) is 6.54 Å². The van der Waals surface area contributed by atoms with Gasteiger partial charge < -0.3 is 4.74 Å². The average Bonchev–Trinajstić information content (AvgIpc) is 2.34. The Balaban J connectivity index is 2.33. The van der Waals surface area contributed by atoms with Crippen molar-refractivity contribution in [2.75, 3.05) is 11.4 Å². The van der Waals surface area contributed by atoms with Crippen molar-refractivity contribution in [1.29, 1.82) is 5.26 Å².